The van der Waals surface area contributed by atoms with Crippen molar-refractivity contribution in [2.75, 3.05) is 57.9 Å². The zero-order valence-corrected chi connectivity index (χ0v) is 35.0. The average Bonchev–Trinajstić information content (AvgIpc) is 3.80. The summed E-state index contributed by atoms with van der Waals surface area (Å²) < 4.78 is 13.3. The smallest absolute Gasteiger partial charge is 0.141 e. The summed E-state index contributed by atoms with van der Waals surface area (Å²) >= 11 is 9.42. The zero-order chi connectivity index (χ0) is 36.0. The number of rotatable bonds is 4. The summed E-state index contributed by atoms with van der Waals surface area (Å²) in [6.07, 6.45) is 13.1. The molecule has 2 aromatic carbocycles. The Kier molecular flexibility index (Phi) is 15.5. The van der Waals surface area contributed by atoms with Gasteiger partial charge in [0.05, 0.1) is 37.2 Å². The molecule has 3 N–H and O–H groups in total. The van der Waals surface area contributed by atoms with Gasteiger partial charge in [0, 0.05) is 70.5 Å². The average molecular weight is 846 g/mol. The fourth-order valence-electron chi connectivity index (χ4n) is 8.32. The van der Waals surface area contributed by atoms with E-state index < -0.39 is 0 Å². The molecule has 10 rings (SSSR count). The van der Waals surface area contributed by atoms with Gasteiger partial charge in [-0.3, -0.25) is 9.80 Å². The first-order valence-electron chi connectivity index (χ1n) is 19.2. The van der Waals surface area contributed by atoms with Gasteiger partial charge in [-0.15, -0.1) is 47.5 Å². The number of hydrogen-bond donors (Lipinski definition) is 2. The van der Waals surface area contributed by atoms with Crippen molar-refractivity contribution in [2.24, 2.45) is 5.73 Å². The fourth-order valence-corrected chi connectivity index (χ4v) is 10.7. The first kappa shape index (κ1) is 42.1. The van der Waals surface area contributed by atoms with Crippen molar-refractivity contribution in [1.29, 1.82) is 0 Å². The van der Waals surface area contributed by atoms with E-state index in [-0.39, 0.29) is 24.8 Å². The first-order chi connectivity index (χ1) is 26.1. The highest BCUT2D eigenvalue weighted by molar-refractivity contribution is 7.25. The maximum absolute atomic E-state index is 6.03. The van der Waals surface area contributed by atoms with Crippen LogP contribution in [0.2, 0.25) is 5.15 Å². The number of benzene rings is 2. The quantitative estimate of drug-likeness (QED) is 0.167. The molecule has 4 aliphatic rings. The Morgan fingerprint density at radius 1 is 0.618 bits per heavy atom. The Balaban J connectivity index is 0.000000151. The summed E-state index contributed by atoms with van der Waals surface area (Å²) in [6.45, 7) is 8.06. The lowest BCUT2D eigenvalue weighted by molar-refractivity contribution is 0.00749. The van der Waals surface area contributed by atoms with Crippen LogP contribution in [-0.4, -0.2) is 107 Å². The van der Waals surface area contributed by atoms with Gasteiger partial charge in [0.1, 0.15) is 33.3 Å². The van der Waals surface area contributed by atoms with Crippen molar-refractivity contribution < 1.29 is 9.47 Å². The van der Waals surface area contributed by atoms with Crippen LogP contribution in [0.15, 0.2) is 61.2 Å². The largest absolute Gasteiger partial charge is 0.379 e. The summed E-state index contributed by atoms with van der Waals surface area (Å²) in [4.78, 5) is 24.5. The van der Waals surface area contributed by atoms with Crippen molar-refractivity contribution >= 4 is 106 Å². The van der Waals surface area contributed by atoms with Gasteiger partial charge in [0.15, 0.2) is 0 Å². The van der Waals surface area contributed by atoms with Crippen molar-refractivity contribution in [2.45, 2.75) is 75.5 Å². The molecule has 2 aliphatic heterocycles. The number of nitrogens with zero attached hydrogens (tertiary/aromatic N) is 6. The minimum atomic E-state index is 0. The molecular weight excluding hydrogens is 795 g/mol. The molecule has 2 saturated heterocycles. The monoisotopic (exact) mass is 844 g/mol. The van der Waals surface area contributed by atoms with Gasteiger partial charge in [0.2, 0.25) is 0 Å². The van der Waals surface area contributed by atoms with Crippen LogP contribution in [0.4, 0.5) is 5.82 Å². The van der Waals surface area contributed by atoms with E-state index in [1.54, 1.807) is 29.0 Å². The third-order valence-electron chi connectivity index (χ3n) is 11.2. The Morgan fingerprint density at radius 2 is 1.09 bits per heavy atom. The van der Waals surface area contributed by atoms with Crippen molar-refractivity contribution in [3.8, 4) is 0 Å². The van der Waals surface area contributed by atoms with Crippen molar-refractivity contribution in [3.05, 3.63) is 66.3 Å². The van der Waals surface area contributed by atoms with E-state index >= 15 is 0 Å². The van der Waals surface area contributed by atoms with Crippen LogP contribution in [0.25, 0.3) is 40.6 Å². The number of nitrogens with one attached hydrogen (secondary N) is 1. The summed E-state index contributed by atoms with van der Waals surface area (Å²) in [5.41, 5.74) is 5.88. The van der Waals surface area contributed by atoms with Crippen LogP contribution in [-0.2, 0) is 9.47 Å². The van der Waals surface area contributed by atoms with Crippen LogP contribution in [0, 0.1) is 0 Å². The number of halogens is 3. The predicted octanol–water partition coefficient (Wildman–Crippen LogP) is 8.83. The maximum Gasteiger partial charge on any atom is 0.141 e. The SMILES string of the molecule is Cl.Cl.Clc1ncnc2sc3ccccc3c12.NC1CCC(N2CCOCC2)CC1.c1ccc2c(c1)sc1ncnc(NC3CCC(N4CCOCC4)CC3)c12. The molecule has 0 spiro atoms. The number of morpholine rings is 2. The van der Waals surface area contributed by atoms with E-state index in [9.17, 15) is 0 Å². The molecule has 0 unspecified atom stereocenters. The minimum absolute atomic E-state index is 0. The summed E-state index contributed by atoms with van der Waals surface area (Å²) in [5, 5.41) is 8.82. The highest BCUT2D eigenvalue weighted by Gasteiger charge is 2.28. The van der Waals surface area contributed by atoms with Gasteiger partial charge in [-0.25, -0.2) is 19.9 Å². The van der Waals surface area contributed by atoms with E-state index in [0.717, 1.165) is 90.9 Å². The summed E-state index contributed by atoms with van der Waals surface area (Å²) in [5.74, 6) is 1.00. The second kappa shape index (κ2) is 20.3. The van der Waals surface area contributed by atoms with Crippen LogP contribution < -0.4 is 11.1 Å². The van der Waals surface area contributed by atoms with Crippen molar-refractivity contribution in [1.82, 2.24) is 29.7 Å². The van der Waals surface area contributed by atoms with Crippen LogP contribution in [0.1, 0.15) is 51.4 Å². The molecule has 10 nitrogen and oxygen atoms in total. The Hall–Kier alpha value is -2.49. The zero-order valence-electron chi connectivity index (χ0n) is 31.0. The van der Waals surface area contributed by atoms with E-state index in [1.807, 2.05) is 18.2 Å². The van der Waals surface area contributed by atoms with Gasteiger partial charge in [-0.1, -0.05) is 48.0 Å². The number of fused-ring (bicyclic) bond motifs is 6. The molecule has 0 atom stereocenters. The predicted molar refractivity (Wildman–Crippen MR) is 234 cm³/mol. The molecule has 0 radical (unpaired) electrons. The second-order valence-electron chi connectivity index (χ2n) is 14.5. The number of thiophene rings is 2. The van der Waals surface area contributed by atoms with Crippen LogP contribution in [0.5, 0.6) is 0 Å². The molecular formula is C40H51Cl3N8O2S2. The van der Waals surface area contributed by atoms with Gasteiger partial charge in [0.25, 0.3) is 0 Å². The number of hydrogen-bond acceptors (Lipinski definition) is 12. The fraction of sp³-hybridized carbons (Fsp3) is 0.500. The van der Waals surface area contributed by atoms with Gasteiger partial charge < -0.3 is 20.5 Å². The minimum Gasteiger partial charge on any atom is -0.379 e. The molecule has 6 aromatic rings. The van der Waals surface area contributed by atoms with Crippen molar-refractivity contribution in [3.63, 3.8) is 0 Å². The molecule has 15 heteroatoms. The number of ether oxygens (including phenoxy) is 2. The van der Waals surface area contributed by atoms with E-state index in [0.29, 0.717) is 17.2 Å². The molecule has 6 heterocycles. The highest BCUT2D eigenvalue weighted by Crippen LogP contribution is 2.37. The van der Waals surface area contributed by atoms with Gasteiger partial charge >= 0.3 is 0 Å². The normalized spacial score (nSPS) is 23.5. The summed E-state index contributed by atoms with van der Waals surface area (Å²) in [6, 6.07) is 19.1. The molecule has 55 heavy (non-hydrogen) atoms. The molecule has 0 bridgehead atoms. The van der Waals surface area contributed by atoms with E-state index in [1.165, 1.54) is 77.9 Å². The molecule has 4 aromatic heterocycles. The standard InChI is InChI=1S/C20H24N4OS.C10H5ClN2S.C10H20N2O.2ClH/c1-2-4-17-16(3-1)18-19(21-13-22-20(18)26-17)23-14-5-7-15(8-6-14)24-9-11-25-12-10-24;11-9-8-6-3-1-2-4-7(6)14-10(8)13-5-12-9;11-9-1-3-10(4-2-9)12-5-7-13-8-6-12;;/h1-4,13-15H,5-12H2,(H,21,22,23);1-5H;9-10H,1-8,11H2;2*1H. The molecule has 2 aliphatic carbocycles. The van der Waals surface area contributed by atoms with Crippen LogP contribution in [0.3, 0.4) is 0 Å². The lowest BCUT2D eigenvalue weighted by atomic mass is 9.90. The Morgan fingerprint density at radius 3 is 1.65 bits per heavy atom. The first-order valence-corrected chi connectivity index (χ1v) is 21.2. The molecule has 296 valence electrons. The highest BCUT2D eigenvalue weighted by atomic mass is 35.5. The topological polar surface area (TPSA) is 115 Å². The van der Waals surface area contributed by atoms with E-state index in [4.69, 9.17) is 26.8 Å². The lowest BCUT2D eigenvalue weighted by Gasteiger charge is -2.39. The third-order valence-corrected chi connectivity index (χ3v) is 13.7. The number of nitrogens with two attached hydrogens (primary N) is 1. The van der Waals surface area contributed by atoms with E-state index in [2.05, 4.69) is 65.4 Å². The Labute approximate surface area is 348 Å². The molecule has 0 amide bonds. The molecule has 4 fully saturated rings. The van der Waals surface area contributed by atoms with Gasteiger partial charge in [-0.05, 0) is 63.5 Å². The summed E-state index contributed by atoms with van der Waals surface area (Å²) in [7, 11) is 0. The third kappa shape index (κ3) is 10.2. The lowest BCUT2D eigenvalue weighted by Crippen LogP contribution is -2.46. The number of anilines is 1. The second-order valence-corrected chi connectivity index (χ2v) is 16.9. The van der Waals surface area contributed by atoms with Gasteiger partial charge in [-0.2, -0.15) is 0 Å². The Bertz CT molecular complexity index is 2090. The molecule has 2 saturated carbocycles. The maximum atomic E-state index is 6.03. The number of aromatic nitrogens is 4. The van der Waals surface area contributed by atoms with Crippen LogP contribution >= 0.6 is 59.1 Å².